The Morgan fingerprint density at radius 1 is 0.699 bits per heavy atom. The van der Waals surface area contributed by atoms with Gasteiger partial charge in [0.25, 0.3) is 0 Å². The van der Waals surface area contributed by atoms with E-state index in [9.17, 15) is 26.4 Å². The van der Waals surface area contributed by atoms with E-state index in [-0.39, 0.29) is 104 Å². The fourth-order valence-corrected chi connectivity index (χ4v) is 12.6. The van der Waals surface area contributed by atoms with E-state index in [1.165, 1.54) is 30.4 Å². The number of benzene rings is 4. The van der Waals surface area contributed by atoms with Gasteiger partial charge < -0.3 is 33.9 Å². The zero-order chi connectivity index (χ0) is 51.6. The van der Waals surface area contributed by atoms with E-state index in [0.29, 0.717) is 68.1 Å². The number of carbonyl (C=O) groups excluding carboxylic acids is 2. The molecule has 3 atom stereocenters. The van der Waals surface area contributed by atoms with Gasteiger partial charge in [-0.05, 0) is 129 Å². The van der Waals surface area contributed by atoms with Gasteiger partial charge in [-0.3, -0.25) is 14.5 Å². The summed E-state index contributed by atoms with van der Waals surface area (Å²) >= 11 is 12.9. The SMILES string of the molecule is CN1Cc2c(Cl)cc(Cl)cc2[C@H](c2cccc(S(=O)(=O)NCCOCCOCCCC(=O)CCC(=O)NCCOCCOCCCS(=O)(=O)c3ccc(O[C@H]4c5ccccc5C[C@@H]4N4CCCCC4)cc3)c2)C1. The highest BCUT2D eigenvalue weighted by Gasteiger charge is 2.38. The number of amides is 1. The molecule has 0 spiro atoms. The summed E-state index contributed by atoms with van der Waals surface area (Å²) < 4.78 is 83.8. The second kappa shape index (κ2) is 28.2. The van der Waals surface area contributed by atoms with Gasteiger partial charge >= 0.3 is 0 Å². The summed E-state index contributed by atoms with van der Waals surface area (Å²) in [4.78, 5) is 29.7. The molecule has 19 heteroatoms. The van der Waals surface area contributed by atoms with Crippen LogP contribution in [-0.2, 0) is 61.4 Å². The molecule has 2 heterocycles. The lowest BCUT2D eigenvalue weighted by Crippen LogP contribution is -2.43. The van der Waals surface area contributed by atoms with Gasteiger partial charge in [-0.15, -0.1) is 0 Å². The van der Waals surface area contributed by atoms with E-state index in [2.05, 4.69) is 44.1 Å². The molecule has 398 valence electrons. The van der Waals surface area contributed by atoms with Crippen LogP contribution in [0.1, 0.15) is 91.2 Å². The molecule has 3 aliphatic rings. The number of Topliss-reactive ketones (excluding diaryl/α,β-unsaturated/α-hetero) is 1. The van der Waals surface area contributed by atoms with Crippen LogP contribution < -0.4 is 14.8 Å². The Hall–Kier alpha value is -3.98. The first-order valence-corrected chi connectivity index (χ1v) is 29.3. The number of sulfonamides is 1. The summed E-state index contributed by atoms with van der Waals surface area (Å²) in [5, 5.41) is 3.88. The molecule has 0 unspecified atom stereocenters. The maximum absolute atomic E-state index is 13.1. The van der Waals surface area contributed by atoms with Crippen molar-refractivity contribution in [2.45, 2.75) is 92.2 Å². The van der Waals surface area contributed by atoms with Crippen LogP contribution in [0.2, 0.25) is 10.0 Å². The van der Waals surface area contributed by atoms with Crippen LogP contribution in [0.3, 0.4) is 0 Å². The number of sulfone groups is 1. The first kappa shape index (κ1) is 56.7. The summed E-state index contributed by atoms with van der Waals surface area (Å²) in [6.45, 7) is 6.08. The number of halogens is 2. The Kier molecular flexibility index (Phi) is 21.9. The third-order valence-electron chi connectivity index (χ3n) is 13.4. The number of hydrogen-bond donors (Lipinski definition) is 2. The second-order valence-electron chi connectivity index (χ2n) is 18.9. The van der Waals surface area contributed by atoms with Crippen molar-refractivity contribution >= 4 is 54.8 Å². The van der Waals surface area contributed by atoms with E-state index in [1.807, 2.05) is 19.2 Å². The Morgan fingerprint density at radius 3 is 2.15 bits per heavy atom. The first-order chi connectivity index (χ1) is 35.3. The van der Waals surface area contributed by atoms with Crippen molar-refractivity contribution in [1.82, 2.24) is 19.8 Å². The molecule has 1 saturated heterocycles. The smallest absolute Gasteiger partial charge is 0.240 e. The minimum Gasteiger partial charge on any atom is -0.484 e. The monoisotopic (exact) mass is 1080 g/mol. The van der Waals surface area contributed by atoms with Gasteiger partial charge in [0, 0.05) is 74.6 Å². The quantitative estimate of drug-likeness (QED) is 0.0490. The molecule has 0 radical (unpaired) electrons. The van der Waals surface area contributed by atoms with Crippen LogP contribution in [0.15, 0.2) is 94.7 Å². The van der Waals surface area contributed by atoms with Gasteiger partial charge in [-0.2, -0.15) is 0 Å². The highest BCUT2D eigenvalue weighted by Crippen LogP contribution is 2.40. The van der Waals surface area contributed by atoms with Crippen LogP contribution in [0.25, 0.3) is 0 Å². The average molecular weight is 1090 g/mol. The van der Waals surface area contributed by atoms with Crippen molar-refractivity contribution in [3.8, 4) is 5.75 Å². The van der Waals surface area contributed by atoms with Crippen molar-refractivity contribution in [1.29, 1.82) is 0 Å². The van der Waals surface area contributed by atoms with E-state index in [1.54, 1.807) is 48.5 Å². The maximum Gasteiger partial charge on any atom is 0.240 e. The van der Waals surface area contributed by atoms with Gasteiger partial charge in [0.1, 0.15) is 17.6 Å². The van der Waals surface area contributed by atoms with Crippen molar-refractivity contribution < 1.29 is 50.1 Å². The van der Waals surface area contributed by atoms with Gasteiger partial charge in [-0.25, -0.2) is 21.6 Å². The summed E-state index contributed by atoms with van der Waals surface area (Å²) in [5.74, 6) is 0.250. The summed E-state index contributed by atoms with van der Waals surface area (Å²) in [7, 11) is -5.29. The molecular weight excluding hydrogens is 1020 g/mol. The molecular formula is C54H70Cl2N4O11S2. The predicted molar refractivity (Wildman–Crippen MR) is 282 cm³/mol. The van der Waals surface area contributed by atoms with Crippen molar-refractivity contribution in [2.24, 2.45) is 0 Å². The normalized spacial score (nSPS) is 18.3. The van der Waals surface area contributed by atoms with Crippen molar-refractivity contribution in [2.75, 3.05) is 98.4 Å². The lowest BCUT2D eigenvalue weighted by molar-refractivity contribution is -0.125. The Bertz CT molecular complexity index is 2650. The van der Waals surface area contributed by atoms with E-state index in [4.69, 9.17) is 46.9 Å². The standard InChI is InChI=1S/C54H70Cl2N4O11S2/c1-59-38-49(48-36-42(55)37-51(56)50(48)39-59)40-11-7-13-46(34-40)73(65,66)58-22-28-70-32-29-67-25-8-12-43(61)15-20-53(62)57-21-27-69-31-30-68-26-9-33-72(63,64)45-18-16-44(17-19-45)71-54-47-14-4-3-10-41(47)35-52(54)60-23-5-2-6-24-60/h3-4,7,10-11,13-14,16-19,34,36-37,49,52,54,58H,2,5-6,8-9,12,15,20-33,35,38-39H2,1H3,(H,57,62)/t49-,52-,54-/m0/s1. The molecule has 15 nitrogen and oxygen atoms in total. The molecule has 0 saturated carbocycles. The molecule has 0 aromatic heterocycles. The fourth-order valence-electron chi connectivity index (χ4n) is 9.70. The fraction of sp³-hybridized carbons (Fsp3) is 0.519. The number of ether oxygens (including phenoxy) is 5. The molecule has 7 rings (SSSR count). The number of hydrogen-bond acceptors (Lipinski definition) is 13. The van der Waals surface area contributed by atoms with E-state index >= 15 is 0 Å². The number of ketones is 1. The van der Waals surface area contributed by atoms with Crippen LogP contribution in [0.4, 0.5) is 0 Å². The van der Waals surface area contributed by atoms with Crippen LogP contribution in [0, 0.1) is 0 Å². The molecule has 2 N–H and O–H groups in total. The Labute approximate surface area is 441 Å². The van der Waals surface area contributed by atoms with Crippen LogP contribution in [-0.4, -0.2) is 143 Å². The van der Waals surface area contributed by atoms with E-state index in [0.717, 1.165) is 36.2 Å². The van der Waals surface area contributed by atoms with Gasteiger partial charge in [0.05, 0.1) is 61.2 Å². The van der Waals surface area contributed by atoms with Crippen LogP contribution >= 0.6 is 23.2 Å². The molecule has 1 aliphatic carbocycles. The number of nitrogens with zero attached hydrogens (tertiary/aromatic N) is 2. The number of carbonyl (C=O) groups is 2. The third kappa shape index (κ3) is 17.0. The number of piperidine rings is 1. The Morgan fingerprint density at radius 2 is 1.40 bits per heavy atom. The minimum absolute atomic E-state index is 0.0336. The maximum atomic E-state index is 13.1. The van der Waals surface area contributed by atoms with Gasteiger partial charge in [0.15, 0.2) is 9.84 Å². The molecule has 2 aliphatic heterocycles. The number of fused-ring (bicyclic) bond motifs is 2. The molecule has 1 amide bonds. The number of rotatable bonds is 30. The Balaban J connectivity index is 0.658. The largest absolute Gasteiger partial charge is 0.484 e. The lowest BCUT2D eigenvalue weighted by atomic mass is 9.85. The minimum atomic E-state index is -3.79. The third-order valence-corrected chi connectivity index (χ3v) is 17.3. The lowest BCUT2D eigenvalue weighted by Gasteiger charge is -2.35. The molecule has 0 bridgehead atoms. The van der Waals surface area contributed by atoms with Crippen LogP contribution in [0.5, 0.6) is 5.75 Å². The number of nitrogens with one attached hydrogen (secondary N) is 2. The number of likely N-dealkylation sites (N-methyl/N-ethyl adjacent to an activating group) is 1. The summed E-state index contributed by atoms with van der Waals surface area (Å²) in [6, 6.07) is 26.0. The zero-order valence-electron chi connectivity index (χ0n) is 41.7. The van der Waals surface area contributed by atoms with Gasteiger partial charge in [0.2, 0.25) is 15.9 Å². The molecule has 4 aromatic rings. The van der Waals surface area contributed by atoms with Crippen molar-refractivity contribution in [3.05, 3.63) is 123 Å². The highest BCUT2D eigenvalue weighted by atomic mass is 35.5. The van der Waals surface area contributed by atoms with Crippen molar-refractivity contribution in [3.63, 3.8) is 0 Å². The van der Waals surface area contributed by atoms with Gasteiger partial charge in [-0.1, -0.05) is 66.0 Å². The first-order valence-electron chi connectivity index (χ1n) is 25.4. The molecule has 4 aromatic carbocycles. The molecule has 1 fully saturated rings. The summed E-state index contributed by atoms with van der Waals surface area (Å²) in [5.41, 5.74) is 5.37. The average Bonchev–Trinajstić information content (AvgIpc) is 3.75. The highest BCUT2D eigenvalue weighted by molar-refractivity contribution is 7.91. The number of likely N-dealkylation sites (tertiary alicyclic amines) is 1. The van der Waals surface area contributed by atoms with E-state index < -0.39 is 19.9 Å². The second-order valence-corrected chi connectivity index (χ2v) is 23.6. The molecule has 73 heavy (non-hydrogen) atoms. The predicted octanol–water partition coefficient (Wildman–Crippen LogP) is 7.56. The summed E-state index contributed by atoms with van der Waals surface area (Å²) in [6.07, 6.45) is 5.87. The zero-order valence-corrected chi connectivity index (χ0v) is 44.9. The topological polar surface area (TPSA) is 179 Å².